The van der Waals surface area contributed by atoms with Crippen LogP contribution < -0.4 is 10.3 Å². The van der Waals surface area contributed by atoms with E-state index in [2.05, 4.69) is 16.6 Å². The van der Waals surface area contributed by atoms with Crippen LogP contribution in [0.3, 0.4) is 0 Å². The van der Waals surface area contributed by atoms with Crippen molar-refractivity contribution in [2.24, 2.45) is 4.99 Å². The van der Waals surface area contributed by atoms with Crippen LogP contribution in [0.15, 0.2) is 46.6 Å². The third-order valence-corrected chi connectivity index (χ3v) is 2.20. The van der Waals surface area contributed by atoms with Gasteiger partial charge in [-0.3, -0.25) is 4.99 Å². The van der Waals surface area contributed by atoms with Crippen LogP contribution in [0.25, 0.3) is 0 Å². The van der Waals surface area contributed by atoms with Crippen LogP contribution in [0.5, 0.6) is 5.88 Å². The predicted molar refractivity (Wildman–Crippen MR) is 88.1 cm³/mol. The third kappa shape index (κ3) is 7.57. The molecule has 2 radical (unpaired) electrons. The van der Waals surface area contributed by atoms with Crippen molar-refractivity contribution < 1.29 is 4.74 Å². The third-order valence-electron chi connectivity index (χ3n) is 2.20. The predicted octanol–water partition coefficient (Wildman–Crippen LogP) is 3.22. The van der Waals surface area contributed by atoms with Crippen molar-refractivity contribution in [1.29, 1.82) is 0 Å². The monoisotopic (exact) mass is 270 g/mol. The van der Waals surface area contributed by atoms with Gasteiger partial charge in [-0.2, -0.15) is 0 Å². The Morgan fingerprint density at radius 3 is 2.50 bits per heavy atom. The Balaban J connectivity index is 0.00000172. The lowest BCUT2D eigenvalue weighted by molar-refractivity contribution is 0.344. The van der Waals surface area contributed by atoms with Crippen molar-refractivity contribution in [1.82, 2.24) is 4.98 Å². The van der Waals surface area contributed by atoms with Crippen molar-refractivity contribution in [2.45, 2.75) is 34.6 Å². The number of hydrogen-bond donors (Lipinski definition) is 0. The number of aromatic nitrogens is 1. The number of rotatable bonds is 5. The molecular formula is C16H23BN2O. The molecule has 0 spiro atoms. The summed E-state index contributed by atoms with van der Waals surface area (Å²) in [6.45, 7) is 14.0. The van der Waals surface area contributed by atoms with Gasteiger partial charge in [0.05, 0.1) is 0 Å². The van der Waals surface area contributed by atoms with Crippen LogP contribution in [-0.4, -0.2) is 25.7 Å². The highest BCUT2D eigenvalue weighted by Gasteiger charge is 2.00. The van der Waals surface area contributed by atoms with Crippen molar-refractivity contribution in [2.75, 3.05) is 6.61 Å². The fraction of sp³-hybridized carbons (Fsp3) is 0.375. The van der Waals surface area contributed by atoms with Gasteiger partial charge in [-0.1, -0.05) is 38.1 Å². The van der Waals surface area contributed by atoms with Crippen molar-refractivity contribution in [3.63, 3.8) is 0 Å². The van der Waals surface area contributed by atoms with Gasteiger partial charge in [0.15, 0.2) is 0 Å². The second-order valence-electron chi connectivity index (χ2n) is 4.21. The van der Waals surface area contributed by atoms with Crippen LogP contribution in [0.1, 0.15) is 34.6 Å². The second kappa shape index (κ2) is 10.0. The largest absolute Gasteiger partial charge is 0.473 e. The van der Waals surface area contributed by atoms with Crippen LogP contribution in [0.2, 0.25) is 0 Å². The van der Waals surface area contributed by atoms with Crippen molar-refractivity contribution in [3.8, 4) is 5.88 Å². The first-order chi connectivity index (χ1) is 9.49. The average Bonchev–Trinajstić information content (AvgIpc) is 2.40. The first kappa shape index (κ1) is 18.2. The zero-order valence-electron chi connectivity index (χ0n) is 13.1. The first-order valence-corrected chi connectivity index (χ1v) is 6.70. The minimum Gasteiger partial charge on any atom is -0.473 e. The summed E-state index contributed by atoms with van der Waals surface area (Å²) < 4.78 is 5.57. The number of hydrogen-bond acceptors (Lipinski definition) is 3. The lowest BCUT2D eigenvalue weighted by atomic mass is 10.0. The summed E-state index contributed by atoms with van der Waals surface area (Å²) in [5.41, 5.74) is 3.35. The standard InChI is InChI=1S/C14H17BN2O.C2H6/c1-10(2)12(8-16-11(3)4)9-18-14-7-5-6-13(15)17-14;1-2/h5-8H,3,9H2,1-2,4H3;1-2H3. The van der Waals surface area contributed by atoms with E-state index in [9.17, 15) is 0 Å². The average molecular weight is 270 g/mol. The van der Waals surface area contributed by atoms with Crippen LogP contribution in [0.4, 0.5) is 0 Å². The zero-order valence-corrected chi connectivity index (χ0v) is 13.1. The van der Waals surface area contributed by atoms with Gasteiger partial charge < -0.3 is 4.74 Å². The molecule has 0 atom stereocenters. The molecule has 0 aliphatic carbocycles. The van der Waals surface area contributed by atoms with Crippen molar-refractivity contribution >= 4 is 19.7 Å². The molecule has 4 heteroatoms. The summed E-state index contributed by atoms with van der Waals surface area (Å²) in [5, 5.41) is 0. The molecule has 1 rings (SSSR count). The van der Waals surface area contributed by atoms with E-state index < -0.39 is 0 Å². The quantitative estimate of drug-likeness (QED) is 0.608. The number of nitrogens with zero attached hydrogens (tertiary/aromatic N) is 2. The molecule has 0 saturated heterocycles. The number of aliphatic imine (C=N–C) groups is 1. The van der Waals surface area contributed by atoms with E-state index in [0.29, 0.717) is 18.1 Å². The lowest BCUT2D eigenvalue weighted by Crippen LogP contribution is -2.11. The molecule has 1 heterocycles. The SMILES string of the molecule is CC.[B]c1cccc(OCC(C=NC(=C)C)=C(C)C)n1. The molecular weight excluding hydrogens is 247 g/mol. The minimum atomic E-state index is 0.412. The molecule has 3 nitrogen and oxygen atoms in total. The molecule has 1 aromatic heterocycles. The number of ether oxygens (including phenoxy) is 1. The zero-order chi connectivity index (χ0) is 15.5. The smallest absolute Gasteiger partial charge is 0.212 e. The molecule has 0 aromatic carbocycles. The van der Waals surface area contributed by atoms with E-state index in [4.69, 9.17) is 12.6 Å². The van der Waals surface area contributed by atoms with Gasteiger partial charge in [-0.25, -0.2) is 4.98 Å². The summed E-state index contributed by atoms with van der Waals surface area (Å²) in [6.07, 6.45) is 1.77. The van der Waals surface area contributed by atoms with E-state index in [0.717, 1.165) is 16.8 Å². The van der Waals surface area contributed by atoms with Gasteiger partial charge >= 0.3 is 0 Å². The molecule has 0 saturated carbocycles. The van der Waals surface area contributed by atoms with Gasteiger partial charge in [-0.15, -0.1) is 0 Å². The highest BCUT2D eigenvalue weighted by molar-refractivity contribution is 6.30. The molecule has 0 aliphatic rings. The fourth-order valence-corrected chi connectivity index (χ4v) is 1.16. The second-order valence-corrected chi connectivity index (χ2v) is 4.21. The molecule has 0 unspecified atom stereocenters. The van der Waals surface area contributed by atoms with Gasteiger partial charge in [-0.05, 0) is 26.4 Å². The Hall–Kier alpha value is -1.84. The van der Waals surface area contributed by atoms with E-state index in [1.165, 1.54) is 0 Å². The molecule has 0 amide bonds. The van der Waals surface area contributed by atoms with Crippen LogP contribution in [-0.2, 0) is 0 Å². The number of allylic oxidation sites excluding steroid dienone is 2. The first-order valence-electron chi connectivity index (χ1n) is 6.70. The normalized spacial score (nSPS) is 9.65. The van der Waals surface area contributed by atoms with Crippen LogP contribution >= 0.6 is 0 Å². The summed E-state index contributed by atoms with van der Waals surface area (Å²) in [7, 11) is 5.58. The van der Waals surface area contributed by atoms with Gasteiger partial charge in [0.1, 0.15) is 14.5 Å². The maximum Gasteiger partial charge on any atom is 0.212 e. The molecule has 20 heavy (non-hydrogen) atoms. The summed E-state index contributed by atoms with van der Waals surface area (Å²) >= 11 is 0. The fourth-order valence-electron chi connectivity index (χ4n) is 1.16. The molecule has 0 N–H and O–H groups in total. The van der Waals surface area contributed by atoms with Gasteiger partial charge in [0.25, 0.3) is 0 Å². The molecule has 106 valence electrons. The summed E-state index contributed by atoms with van der Waals surface area (Å²) in [5.74, 6) is 0.512. The van der Waals surface area contributed by atoms with Crippen molar-refractivity contribution in [3.05, 3.63) is 41.6 Å². The Labute approximate surface area is 123 Å². The molecule has 0 aliphatic heterocycles. The topological polar surface area (TPSA) is 34.5 Å². The van der Waals surface area contributed by atoms with E-state index in [-0.39, 0.29) is 0 Å². The lowest BCUT2D eigenvalue weighted by Gasteiger charge is -2.08. The highest BCUT2D eigenvalue weighted by Crippen LogP contribution is 2.07. The number of pyridine rings is 1. The van der Waals surface area contributed by atoms with E-state index in [1.54, 1.807) is 18.3 Å². The van der Waals surface area contributed by atoms with Crippen LogP contribution in [0, 0.1) is 0 Å². The maximum atomic E-state index is 5.58. The Morgan fingerprint density at radius 1 is 1.35 bits per heavy atom. The maximum absolute atomic E-state index is 5.58. The Bertz CT molecular complexity index is 489. The van der Waals surface area contributed by atoms with Gasteiger partial charge in [0.2, 0.25) is 5.88 Å². The summed E-state index contributed by atoms with van der Waals surface area (Å²) in [4.78, 5) is 8.24. The summed E-state index contributed by atoms with van der Waals surface area (Å²) in [6, 6.07) is 5.30. The molecule has 1 aromatic rings. The minimum absolute atomic E-state index is 0.412. The molecule has 0 bridgehead atoms. The van der Waals surface area contributed by atoms with Gasteiger partial charge in [0, 0.05) is 23.6 Å². The molecule has 0 fully saturated rings. The highest BCUT2D eigenvalue weighted by atomic mass is 16.5. The van der Waals surface area contributed by atoms with E-state index >= 15 is 0 Å². The Morgan fingerprint density at radius 2 is 2.00 bits per heavy atom. The Kier molecular flexibility index (Phi) is 9.09. The van der Waals surface area contributed by atoms with E-state index in [1.807, 2.05) is 40.7 Å².